The maximum absolute atomic E-state index is 12.0. The van der Waals surface area contributed by atoms with Gasteiger partial charge in [0.25, 0.3) is 5.91 Å². The van der Waals surface area contributed by atoms with E-state index in [0.29, 0.717) is 29.2 Å². The molecular formula is C14H23N3O2S. The van der Waals surface area contributed by atoms with Crippen molar-refractivity contribution in [1.29, 1.82) is 0 Å². The molecule has 6 heteroatoms. The van der Waals surface area contributed by atoms with Crippen LogP contribution in [0.25, 0.3) is 0 Å². The van der Waals surface area contributed by atoms with E-state index in [1.807, 2.05) is 13.8 Å². The van der Waals surface area contributed by atoms with E-state index < -0.39 is 10.8 Å². The summed E-state index contributed by atoms with van der Waals surface area (Å²) in [4.78, 5) is 12.0. The molecule has 0 fully saturated rings. The van der Waals surface area contributed by atoms with E-state index in [0.717, 1.165) is 6.42 Å². The Morgan fingerprint density at radius 2 is 2.15 bits per heavy atom. The topological polar surface area (TPSA) is 84.2 Å². The van der Waals surface area contributed by atoms with Crippen molar-refractivity contribution in [2.75, 3.05) is 29.6 Å². The minimum Gasteiger partial charge on any atom is -0.399 e. The number of rotatable bonds is 7. The molecule has 0 aliphatic heterocycles. The van der Waals surface area contributed by atoms with Gasteiger partial charge in [0.05, 0.1) is 5.56 Å². The van der Waals surface area contributed by atoms with Gasteiger partial charge in [0.15, 0.2) is 0 Å². The SMILES string of the molecule is CCNC(=O)c1ccc(N)cc1NC(C)CCS(C)=O. The number of nitrogens with one attached hydrogen (secondary N) is 2. The number of hydrogen-bond acceptors (Lipinski definition) is 4. The highest BCUT2D eigenvalue weighted by molar-refractivity contribution is 7.84. The Bertz CT molecular complexity index is 491. The van der Waals surface area contributed by atoms with Crippen molar-refractivity contribution in [3.63, 3.8) is 0 Å². The van der Waals surface area contributed by atoms with Crippen molar-refractivity contribution < 1.29 is 9.00 Å². The normalized spacial score (nSPS) is 13.6. The molecule has 5 nitrogen and oxygen atoms in total. The first-order valence-corrected chi connectivity index (χ1v) is 8.41. The predicted octanol–water partition coefficient (Wildman–Crippen LogP) is 1.59. The predicted molar refractivity (Wildman–Crippen MR) is 85.5 cm³/mol. The number of amides is 1. The number of carbonyl (C=O) groups is 1. The van der Waals surface area contributed by atoms with Gasteiger partial charge in [0.1, 0.15) is 0 Å². The minimum atomic E-state index is -0.810. The molecule has 0 aliphatic carbocycles. The largest absolute Gasteiger partial charge is 0.399 e. The van der Waals surface area contributed by atoms with Crippen molar-refractivity contribution in [1.82, 2.24) is 5.32 Å². The Balaban J connectivity index is 2.83. The van der Waals surface area contributed by atoms with Crippen LogP contribution in [0.15, 0.2) is 18.2 Å². The lowest BCUT2D eigenvalue weighted by Gasteiger charge is -2.18. The lowest BCUT2D eigenvalue weighted by Crippen LogP contribution is -2.26. The second-order valence-electron chi connectivity index (χ2n) is 4.78. The fourth-order valence-corrected chi connectivity index (χ4v) is 2.50. The monoisotopic (exact) mass is 297 g/mol. The van der Waals surface area contributed by atoms with Crippen LogP contribution in [-0.2, 0) is 10.8 Å². The summed E-state index contributed by atoms with van der Waals surface area (Å²) in [5, 5.41) is 6.05. The Morgan fingerprint density at radius 1 is 1.45 bits per heavy atom. The molecule has 0 aliphatic rings. The molecule has 1 rings (SSSR count). The van der Waals surface area contributed by atoms with Crippen LogP contribution < -0.4 is 16.4 Å². The number of carbonyl (C=O) groups excluding carboxylic acids is 1. The molecule has 0 radical (unpaired) electrons. The van der Waals surface area contributed by atoms with Gasteiger partial charge in [-0.1, -0.05) is 0 Å². The molecule has 1 aromatic carbocycles. The fraction of sp³-hybridized carbons (Fsp3) is 0.500. The molecular weight excluding hydrogens is 274 g/mol. The van der Waals surface area contributed by atoms with Crippen LogP contribution >= 0.6 is 0 Å². The summed E-state index contributed by atoms with van der Waals surface area (Å²) in [5.74, 6) is 0.508. The summed E-state index contributed by atoms with van der Waals surface area (Å²) >= 11 is 0. The molecule has 0 saturated carbocycles. The van der Waals surface area contributed by atoms with Crippen LogP contribution in [0, 0.1) is 0 Å². The molecule has 112 valence electrons. The highest BCUT2D eigenvalue weighted by Crippen LogP contribution is 2.20. The lowest BCUT2D eigenvalue weighted by atomic mass is 10.1. The average molecular weight is 297 g/mol. The van der Waals surface area contributed by atoms with Gasteiger partial charge >= 0.3 is 0 Å². The molecule has 0 spiro atoms. The van der Waals surface area contributed by atoms with Gasteiger partial charge in [-0.2, -0.15) is 0 Å². The highest BCUT2D eigenvalue weighted by Gasteiger charge is 2.13. The molecule has 1 amide bonds. The van der Waals surface area contributed by atoms with Gasteiger partial charge in [-0.05, 0) is 38.5 Å². The Morgan fingerprint density at radius 3 is 2.75 bits per heavy atom. The van der Waals surface area contributed by atoms with E-state index in [1.165, 1.54) is 0 Å². The standard InChI is InChI=1S/C14H23N3O2S/c1-4-16-14(18)12-6-5-11(15)9-13(12)17-10(2)7-8-20(3)19/h5-6,9-10,17H,4,7-8,15H2,1-3H3,(H,16,18). The molecule has 1 aromatic rings. The maximum atomic E-state index is 12.0. The Labute approximate surface area is 122 Å². The van der Waals surface area contributed by atoms with E-state index in [-0.39, 0.29) is 11.9 Å². The zero-order valence-electron chi connectivity index (χ0n) is 12.2. The molecule has 2 atom stereocenters. The van der Waals surface area contributed by atoms with Crippen molar-refractivity contribution in [2.24, 2.45) is 0 Å². The molecule has 0 saturated heterocycles. The molecule has 0 heterocycles. The summed E-state index contributed by atoms with van der Waals surface area (Å²) in [6.07, 6.45) is 2.46. The van der Waals surface area contributed by atoms with Gasteiger partial charge < -0.3 is 16.4 Å². The van der Waals surface area contributed by atoms with Crippen molar-refractivity contribution in [3.8, 4) is 0 Å². The minimum absolute atomic E-state index is 0.119. The number of benzene rings is 1. The van der Waals surface area contributed by atoms with Crippen LogP contribution in [0.5, 0.6) is 0 Å². The maximum Gasteiger partial charge on any atom is 0.253 e. The van der Waals surface area contributed by atoms with Gasteiger partial charge in [-0.25, -0.2) is 0 Å². The number of anilines is 2. The first-order valence-electron chi connectivity index (χ1n) is 6.68. The van der Waals surface area contributed by atoms with E-state index in [1.54, 1.807) is 24.5 Å². The average Bonchev–Trinajstić information content (AvgIpc) is 2.36. The summed E-state index contributed by atoms with van der Waals surface area (Å²) in [6, 6.07) is 5.30. The zero-order valence-corrected chi connectivity index (χ0v) is 13.0. The number of nitrogens with two attached hydrogens (primary N) is 1. The smallest absolute Gasteiger partial charge is 0.253 e. The van der Waals surface area contributed by atoms with Crippen molar-refractivity contribution >= 4 is 28.1 Å². The van der Waals surface area contributed by atoms with Gasteiger partial charge in [-0.3, -0.25) is 9.00 Å². The third-order valence-corrected chi connectivity index (χ3v) is 3.68. The molecule has 4 N–H and O–H groups in total. The quantitative estimate of drug-likeness (QED) is 0.667. The van der Waals surface area contributed by atoms with E-state index in [2.05, 4.69) is 10.6 Å². The number of nitrogen functional groups attached to an aromatic ring is 1. The molecule has 2 unspecified atom stereocenters. The second-order valence-corrected chi connectivity index (χ2v) is 6.33. The fourth-order valence-electron chi connectivity index (χ4n) is 1.82. The van der Waals surface area contributed by atoms with Crippen LogP contribution in [0.4, 0.5) is 11.4 Å². The van der Waals surface area contributed by atoms with Crippen LogP contribution in [0.3, 0.4) is 0 Å². The van der Waals surface area contributed by atoms with Crippen LogP contribution in [0.2, 0.25) is 0 Å². The molecule has 20 heavy (non-hydrogen) atoms. The van der Waals surface area contributed by atoms with Crippen LogP contribution in [-0.4, -0.2) is 34.7 Å². The Hall–Kier alpha value is -1.56. The van der Waals surface area contributed by atoms with E-state index in [4.69, 9.17) is 5.73 Å². The van der Waals surface area contributed by atoms with E-state index in [9.17, 15) is 9.00 Å². The Kier molecular flexibility index (Phi) is 6.51. The molecule has 0 aromatic heterocycles. The first-order chi connectivity index (χ1) is 9.43. The highest BCUT2D eigenvalue weighted by atomic mass is 32.2. The number of hydrogen-bond donors (Lipinski definition) is 3. The summed E-state index contributed by atoms with van der Waals surface area (Å²) in [6.45, 7) is 4.45. The lowest BCUT2D eigenvalue weighted by molar-refractivity contribution is 0.0956. The van der Waals surface area contributed by atoms with Gasteiger partial charge in [-0.15, -0.1) is 0 Å². The van der Waals surface area contributed by atoms with Gasteiger partial charge in [0.2, 0.25) is 0 Å². The zero-order chi connectivity index (χ0) is 15.1. The summed E-state index contributed by atoms with van der Waals surface area (Å²) in [7, 11) is -0.810. The van der Waals surface area contributed by atoms with Crippen molar-refractivity contribution in [2.45, 2.75) is 26.3 Å². The van der Waals surface area contributed by atoms with Gasteiger partial charge in [0, 0.05) is 46.8 Å². The van der Waals surface area contributed by atoms with E-state index >= 15 is 0 Å². The summed E-state index contributed by atoms with van der Waals surface area (Å²) in [5.41, 5.74) is 7.67. The van der Waals surface area contributed by atoms with Crippen LogP contribution in [0.1, 0.15) is 30.6 Å². The summed E-state index contributed by atoms with van der Waals surface area (Å²) < 4.78 is 11.1. The second kappa shape index (κ2) is 7.89. The molecule has 0 bridgehead atoms. The third-order valence-electron chi connectivity index (χ3n) is 2.87. The van der Waals surface area contributed by atoms with Crippen molar-refractivity contribution in [3.05, 3.63) is 23.8 Å². The first kappa shape index (κ1) is 16.5. The third kappa shape index (κ3) is 5.21.